The normalized spacial score (nSPS) is 29.2. The number of thiophene rings is 1. The number of allylic oxidation sites excluding steroid dienone is 6. The Kier molecular flexibility index (Phi) is 4.97. The van der Waals surface area contributed by atoms with Gasteiger partial charge in [-0.1, -0.05) is 36.5 Å². The highest BCUT2D eigenvalue weighted by Crippen LogP contribution is 2.54. The first-order chi connectivity index (χ1) is 20.0. The minimum atomic E-state index is -0.863. The van der Waals surface area contributed by atoms with Gasteiger partial charge >= 0.3 is 11.9 Å². The maximum Gasteiger partial charge on any atom is 0.352 e. The van der Waals surface area contributed by atoms with Gasteiger partial charge in [0.15, 0.2) is 0 Å². The largest absolute Gasteiger partial charge is 0.477 e. The van der Waals surface area contributed by atoms with Crippen molar-refractivity contribution in [3.05, 3.63) is 102 Å². The summed E-state index contributed by atoms with van der Waals surface area (Å²) in [6.07, 6.45) is 21.7. The summed E-state index contributed by atoms with van der Waals surface area (Å²) in [6.45, 7) is 0. The summed E-state index contributed by atoms with van der Waals surface area (Å²) in [5.74, 6) is 0.0734. The molecule has 0 amide bonds. The second kappa shape index (κ2) is 8.48. The van der Waals surface area contributed by atoms with Crippen LogP contribution in [0.15, 0.2) is 36.5 Å². The fourth-order valence-electron chi connectivity index (χ4n) is 9.26. The quantitative estimate of drug-likeness (QED) is 0.232. The van der Waals surface area contributed by atoms with Crippen molar-refractivity contribution in [1.29, 1.82) is 0 Å². The Hall–Kier alpha value is -3.58. The number of hydrogen-bond acceptors (Lipinski definition) is 3. The van der Waals surface area contributed by atoms with Gasteiger partial charge in [0.25, 0.3) is 0 Å². The zero-order valence-electron chi connectivity index (χ0n) is 22.7. The van der Waals surface area contributed by atoms with Crippen LogP contribution in [0.1, 0.15) is 150 Å². The lowest BCUT2D eigenvalue weighted by Crippen LogP contribution is -2.19. The van der Waals surface area contributed by atoms with Crippen LogP contribution in [-0.2, 0) is 12.8 Å². The van der Waals surface area contributed by atoms with E-state index in [1.165, 1.54) is 32.0 Å². The van der Waals surface area contributed by atoms with Gasteiger partial charge in [0.05, 0.1) is 0 Å². The third-order valence-corrected chi connectivity index (χ3v) is 12.1. The molecule has 9 aliphatic carbocycles. The molecule has 0 aliphatic heterocycles. The lowest BCUT2D eigenvalue weighted by molar-refractivity contribution is 0.0678. The molecule has 0 spiro atoms. The molecule has 12 rings (SSSR count). The van der Waals surface area contributed by atoms with E-state index in [9.17, 15) is 19.8 Å². The van der Waals surface area contributed by atoms with Crippen molar-refractivity contribution in [2.45, 2.75) is 86.9 Å². The van der Waals surface area contributed by atoms with Gasteiger partial charge in [-0.3, -0.25) is 0 Å². The van der Waals surface area contributed by atoms with Crippen molar-refractivity contribution in [1.82, 2.24) is 9.97 Å². The molecule has 9 aliphatic rings. The van der Waals surface area contributed by atoms with E-state index in [0.29, 0.717) is 35.1 Å². The van der Waals surface area contributed by atoms with Crippen LogP contribution in [0.5, 0.6) is 0 Å². The zero-order chi connectivity index (χ0) is 27.6. The fraction of sp³-hybridized carbons (Fsp3) is 0.412. The molecule has 6 atom stereocenters. The number of carbonyl (C=O) groups is 2. The van der Waals surface area contributed by atoms with Crippen molar-refractivity contribution in [2.24, 2.45) is 0 Å². The Morgan fingerprint density at radius 3 is 1.20 bits per heavy atom. The van der Waals surface area contributed by atoms with Crippen molar-refractivity contribution < 1.29 is 19.8 Å². The smallest absolute Gasteiger partial charge is 0.352 e. The Labute approximate surface area is 241 Å². The maximum atomic E-state index is 12.3. The molecule has 0 radical (unpaired) electrons. The number of aromatic nitrogens is 2. The van der Waals surface area contributed by atoms with E-state index in [-0.39, 0.29) is 11.8 Å². The monoisotopic (exact) mass is 564 g/mol. The summed E-state index contributed by atoms with van der Waals surface area (Å²) in [5.41, 5.74) is 10.3. The molecule has 3 aromatic heterocycles. The van der Waals surface area contributed by atoms with Crippen molar-refractivity contribution in [3.63, 3.8) is 0 Å². The highest BCUT2D eigenvalue weighted by Gasteiger charge is 2.41. The maximum absolute atomic E-state index is 12.3. The highest BCUT2D eigenvalue weighted by molar-refractivity contribution is 7.12. The van der Waals surface area contributed by atoms with Crippen LogP contribution in [-0.4, -0.2) is 32.1 Å². The number of aromatic amines is 2. The van der Waals surface area contributed by atoms with E-state index in [4.69, 9.17) is 0 Å². The molecule has 3 aromatic rings. The van der Waals surface area contributed by atoms with Crippen LogP contribution in [0, 0.1) is 0 Å². The average molecular weight is 565 g/mol. The third-order valence-electron chi connectivity index (χ3n) is 10.9. The van der Waals surface area contributed by atoms with E-state index in [0.717, 1.165) is 73.9 Å². The average Bonchev–Trinajstić information content (AvgIpc) is 3.71. The predicted octanol–water partition coefficient (Wildman–Crippen LogP) is 7.57. The minimum Gasteiger partial charge on any atom is -0.477 e. The lowest BCUT2D eigenvalue weighted by atomic mass is 9.70. The van der Waals surface area contributed by atoms with Gasteiger partial charge in [0.1, 0.15) is 11.4 Å². The minimum absolute atomic E-state index is 0.199. The Bertz CT molecular complexity index is 1640. The van der Waals surface area contributed by atoms with E-state index in [1.54, 1.807) is 0 Å². The second-order valence-electron chi connectivity index (χ2n) is 12.9. The van der Waals surface area contributed by atoms with Gasteiger partial charge < -0.3 is 20.2 Å². The number of rotatable bonds is 6. The standard InChI is InChI=1S/C34H32N2O4S/c37-33(38)31-29-19-9-1-15(2-10-19)25(29)21(35-31)13-23-27-17-5-7-18(8-6-17)28(27)24(41-23)14-22-26-16-3-11-20(12-4-16)30(26)32(36-22)34(39)40/h1,3,5,7,9,11,15-20,35-36H,2,4,6,8,10,12-14H2,(H,37,38)(H,39,40). The molecule has 0 fully saturated rings. The molecule has 3 heterocycles. The Morgan fingerprint density at radius 2 is 0.878 bits per heavy atom. The summed E-state index contributed by atoms with van der Waals surface area (Å²) < 4.78 is 0. The zero-order valence-corrected chi connectivity index (χ0v) is 23.5. The molecule has 0 saturated carbocycles. The first kappa shape index (κ1) is 24.1. The Balaban J connectivity index is 1.16. The summed E-state index contributed by atoms with van der Waals surface area (Å²) in [7, 11) is 0. The number of hydrogen-bond donors (Lipinski definition) is 4. The molecule has 0 aromatic carbocycles. The lowest BCUT2D eigenvalue weighted by Gasteiger charge is -2.34. The number of aromatic carboxylic acids is 2. The number of H-pyrrole nitrogens is 2. The van der Waals surface area contributed by atoms with Gasteiger partial charge in [-0.05, 0) is 71.9 Å². The molecule has 6 unspecified atom stereocenters. The highest BCUT2D eigenvalue weighted by atomic mass is 32.1. The number of nitrogens with one attached hydrogen (secondary N) is 2. The molecular formula is C34H32N2O4S. The van der Waals surface area contributed by atoms with E-state index < -0.39 is 11.9 Å². The topological polar surface area (TPSA) is 106 Å². The van der Waals surface area contributed by atoms with E-state index >= 15 is 0 Å². The van der Waals surface area contributed by atoms with Crippen LogP contribution in [0.2, 0.25) is 0 Å². The molecule has 4 N–H and O–H groups in total. The first-order valence-electron chi connectivity index (χ1n) is 15.1. The van der Waals surface area contributed by atoms with Gasteiger partial charge in [-0.25, -0.2) is 9.59 Å². The number of fused-ring (bicyclic) bond motifs is 3. The molecule has 6 nitrogen and oxygen atoms in total. The van der Waals surface area contributed by atoms with Crippen LogP contribution in [0.25, 0.3) is 0 Å². The SMILES string of the molecule is O=C(O)c1[nH]c(Cc2sc(Cc3[nH]c(C(=O)O)c4c3C3C=CC4CC3)c3c2C2C=CC3CC2)c2c1C1C=CC2CC1. The number of carboxylic acid groups (broad SMARTS) is 2. The molecule has 0 saturated heterocycles. The molecule has 7 heteroatoms. The predicted molar refractivity (Wildman–Crippen MR) is 157 cm³/mol. The molecule has 41 heavy (non-hydrogen) atoms. The first-order valence-corrected chi connectivity index (χ1v) is 15.9. The van der Waals surface area contributed by atoms with Crippen molar-refractivity contribution in [3.8, 4) is 0 Å². The second-order valence-corrected chi connectivity index (χ2v) is 14.1. The van der Waals surface area contributed by atoms with Crippen molar-refractivity contribution in [2.75, 3.05) is 0 Å². The fourth-order valence-corrected chi connectivity index (χ4v) is 10.7. The number of carboxylic acids is 2. The van der Waals surface area contributed by atoms with Gasteiger partial charge in [-0.2, -0.15) is 0 Å². The third kappa shape index (κ3) is 3.30. The summed E-state index contributed by atoms with van der Waals surface area (Å²) >= 11 is 1.88. The van der Waals surface area contributed by atoms with E-state index in [2.05, 4.69) is 46.4 Å². The summed E-state index contributed by atoms with van der Waals surface area (Å²) in [5, 5.41) is 20.1. The Morgan fingerprint density at radius 1 is 0.561 bits per heavy atom. The summed E-state index contributed by atoms with van der Waals surface area (Å²) in [6, 6.07) is 0. The van der Waals surface area contributed by atoms with Crippen LogP contribution >= 0.6 is 11.3 Å². The molecule has 208 valence electrons. The van der Waals surface area contributed by atoms with Gasteiger partial charge in [0.2, 0.25) is 0 Å². The summed E-state index contributed by atoms with van der Waals surface area (Å²) in [4.78, 5) is 34.0. The molecule has 6 bridgehead atoms. The molecular weight excluding hydrogens is 532 g/mol. The van der Waals surface area contributed by atoms with Gasteiger partial charge in [0, 0.05) is 69.5 Å². The van der Waals surface area contributed by atoms with Crippen LogP contribution in [0.4, 0.5) is 0 Å². The van der Waals surface area contributed by atoms with Gasteiger partial charge in [-0.15, -0.1) is 11.3 Å². The van der Waals surface area contributed by atoms with E-state index in [1.807, 2.05) is 11.3 Å². The van der Waals surface area contributed by atoms with Crippen LogP contribution in [0.3, 0.4) is 0 Å². The van der Waals surface area contributed by atoms with Crippen molar-refractivity contribution >= 4 is 23.3 Å². The van der Waals surface area contributed by atoms with Crippen LogP contribution < -0.4 is 0 Å².